The summed E-state index contributed by atoms with van der Waals surface area (Å²) >= 11 is 0. The van der Waals surface area contributed by atoms with E-state index >= 15 is 4.39 Å². The summed E-state index contributed by atoms with van der Waals surface area (Å²) in [7, 11) is 0. The number of ketones is 2. The molecular formula is C44H62FNO6Sr. The van der Waals surface area contributed by atoms with Crippen molar-refractivity contribution in [2.45, 2.75) is 123 Å². The zero-order valence-electron chi connectivity index (χ0n) is 32.3. The third-order valence-corrected chi connectivity index (χ3v) is 13.6. The van der Waals surface area contributed by atoms with Crippen LogP contribution in [-0.4, -0.2) is 125 Å². The molecular weight excluding hydrogens is 745 g/mol. The molecule has 7 nitrogen and oxygen atoms in total. The van der Waals surface area contributed by atoms with Crippen LogP contribution in [0.15, 0.2) is 72.3 Å². The number of phenolic OH excluding ortho intramolecular Hbond substituents is 1. The molecule has 0 bridgehead atoms. The van der Waals surface area contributed by atoms with Crippen molar-refractivity contribution in [1.29, 1.82) is 0 Å². The van der Waals surface area contributed by atoms with E-state index in [2.05, 4.69) is 69.9 Å². The van der Waals surface area contributed by atoms with Crippen LogP contribution in [-0.2, 0) is 9.59 Å². The van der Waals surface area contributed by atoms with Crippen LogP contribution >= 0.6 is 0 Å². The summed E-state index contributed by atoms with van der Waals surface area (Å²) < 4.78 is 16.9. The molecule has 0 radical (unpaired) electrons. The molecule has 53 heavy (non-hydrogen) atoms. The Morgan fingerprint density at radius 3 is 2.28 bits per heavy atom. The van der Waals surface area contributed by atoms with Gasteiger partial charge in [0.25, 0.3) is 0 Å². The van der Waals surface area contributed by atoms with Gasteiger partial charge in [0.05, 0.1) is 6.10 Å². The molecule has 3 fully saturated rings. The van der Waals surface area contributed by atoms with Gasteiger partial charge >= 0.3 is 45.5 Å². The van der Waals surface area contributed by atoms with Crippen molar-refractivity contribution in [3.8, 4) is 5.75 Å². The average molecular weight is 808 g/mol. The van der Waals surface area contributed by atoms with E-state index in [0.29, 0.717) is 42.7 Å². The van der Waals surface area contributed by atoms with E-state index in [-0.39, 0.29) is 69.5 Å². The second-order valence-corrected chi connectivity index (χ2v) is 17.0. The monoisotopic (exact) mass is 807 g/mol. The summed E-state index contributed by atoms with van der Waals surface area (Å²) in [5, 5.41) is 42.4. The topological polar surface area (TPSA) is 118 Å². The number of benzene rings is 2. The van der Waals surface area contributed by atoms with Crippen LogP contribution in [0, 0.1) is 35.5 Å². The predicted octanol–water partition coefficient (Wildman–Crippen LogP) is 6.32. The van der Waals surface area contributed by atoms with Gasteiger partial charge in [-0.3, -0.25) is 14.5 Å². The van der Waals surface area contributed by atoms with E-state index in [9.17, 15) is 30.0 Å². The van der Waals surface area contributed by atoms with Crippen molar-refractivity contribution in [3.05, 3.63) is 89.0 Å². The van der Waals surface area contributed by atoms with Crippen LogP contribution in [0.3, 0.4) is 0 Å². The quantitative estimate of drug-likeness (QED) is 0.219. The number of aryl methyl sites for hydroxylation is 1. The number of alkyl halides is 1. The van der Waals surface area contributed by atoms with E-state index in [0.717, 1.165) is 18.5 Å². The molecule has 0 spiro atoms. The number of hydrogen-bond donors (Lipinski definition) is 4. The summed E-state index contributed by atoms with van der Waals surface area (Å²) in [4.78, 5) is 26.9. The summed E-state index contributed by atoms with van der Waals surface area (Å²) in [6.45, 7) is 16.6. The normalized spacial score (nSPS) is 33.6. The molecule has 6 rings (SSSR count). The molecule has 0 saturated heterocycles. The Morgan fingerprint density at radius 1 is 1.04 bits per heavy atom. The first-order valence-corrected chi connectivity index (χ1v) is 19.1. The number of rotatable bonds is 9. The minimum atomic E-state index is -1.98. The molecule has 0 unspecified atom stereocenters. The minimum absolute atomic E-state index is 0. The van der Waals surface area contributed by atoms with E-state index in [4.69, 9.17) is 0 Å². The van der Waals surface area contributed by atoms with Crippen molar-refractivity contribution in [2.75, 3.05) is 13.2 Å². The molecule has 0 heterocycles. The molecule has 4 aliphatic rings. The van der Waals surface area contributed by atoms with Gasteiger partial charge in [-0.05, 0) is 116 Å². The molecule has 0 aromatic heterocycles. The van der Waals surface area contributed by atoms with Gasteiger partial charge in [-0.1, -0.05) is 73.5 Å². The Labute approximate surface area is 353 Å². The summed E-state index contributed by atoms with van der Waals surface area (Å²) in [6.07, 6.45) is 5.44. The summed E-state index contributed by atoms with van der Waals surface area (Å²) in [6, 6.07) is 17.5. The van der Waals surface area contributed by atoms with Crippen molar-refractivity contribution in [1.82, 2.24) is 4.90 Å². The van der Waals surface area contributed by atoms with Gasteiger partial charge in [-0.2, -0.15) is 0 Å². The average Bonchev–Trinajstić information content (AvgIpc) is 3.30. The molecule has 288 valence electrons. The first-order chi connectivity index (χ1) is 24.4. The third kappa shape index (κ3) is 7.60. The number of halogens is 1. The van der Waals surface area contributed by atoms with Crippen LogP contribution in [0.5, 0.6) is 5.75 Å². The molecule has 3 saturated carbocycles. The van der Waals surface area contributed by atoms with Crippen LogP contribution in [0.4, 0.5) is 4.39 Å². The predicted molar refractivity (Wildman–Crippen MR) is 211 cm³/mol. The fraction of sp³-hybridized carbons (Fsp3) is 0.591. The third-order valence-electron chi connectivity index (χ3n) is 13.6. The molecule has 4 N–H and O–H groups in total. The molecule has 4 aliphatic carbocycles. The molecule has 2 aromatic rings. The number of fused-ring (bicyclic) bond motifs is 5. The Balaban J connectivity index is 0.000000235. The Kier molecular flexibility index (Phi) is 14.0. The van der Waals surface area contributed by atoms with E-state index in [1.54, 1.807) is 26.8 Å². The number of nitrogens with zero attached hydrogens (tertiary/aromatic N) is 1. The van der Waals surface area contributed by atoms with E-state index in [1.807, 2.05) is 18.2 Å². The Morgan fingerprint density at radius 2 is 1.68 bits per heavy atom. The SMILES string of the molecule is C[C@@H]1C[C@H]2[C@@H]3CCC4=CC(=O)C=C[C@]4(C)[C@@]3(F)[C@@H](O)C[C@]2(C)[C@@]1(O)C(=O)CO.Cc1ccc(O)c([C@H](CCN(C(C)C)C(C)C)c2ccccc2)c1.[SrH2]. The first-order valence-electron chi connectivity index (χ1n) is 19.1. The second kappa shape index (κ2) is 16.8. The fourth-order valence-corrected chi connectivity index (χ4v) is 10.8. The molecule has 0 aliphatic heterocycles. The van der Waals surface area contributed by atoms with Crippen molar-refractivity contribution >= 4 is 57.0 Å². The fourth-order valence-electron chi connectivity index (χ4n) is 10.8. The summed E-state index contributed by atoms with van der Waals surface area (Å²) in [5.41, 5.74) is -1.68. The molecule has 9 atom stereocenters. The van der Waals surface area contributed by atoms with Gasteiger partial charge in [0.2, 0.25) is 0 Å². The van der Waals surface area contributed by atoms with E-state index < -0.39 is 52.4 Å². The van der Waals surface area contributed by atoms with Gasteiger partial charge in [0, 0.05) is 40.3 Å². The van der Waals surface area contributed by atoms with Gasteiger partial charge in [-0.25, -0.2) is 4.39 Å². The van der Waals surface area contributed by atoms with E-state index in [1.165, 1.54) is 23.3 Å². The van der Waals surface area contributed by atoms with Crippen molar-refractivity contribution in [2.24, 2.45) is 28.6 Å². The van der Waals surface area contributed by atoms with Gasteiger partial charge in [0.15, 0.2) is 17.2 Å². The number of allylic oxidation sites excluding steroid dienone is 4. The summed E-state index contributed by atoms with van der Waals surface area (Å²) in [5.74, 6) is -1.51. The maximum absolute atomic E-state index is 16.9. The zero-order valence-corrected chi connectivity index (χ0v) is 32.3. The standard InChI is InChI=1S/C22H29FO5.C22H31NO.Sr.2H/c1-12-8-16-15-5-4-13-9-14(25)6-7-19(13,2)21(15,23)17(26)10-20(16,3)22(12,28)18(27)11-24;1-16(2)23(17(3)4)14-13-20(19-9-7-6-8-10-19)21-15-18(5)11-12-22(21)24;;;/h6-7,9,12,15-17,24,26,28H,4-5,8,10-11H2,1-3H3;6-12,15-17,20,24H,13-14H2,1-5H3;;;/t12-,15+,16+,17+,19+,20+,21+,22+;20-;;;/m11.../s1. The number of Topliss-reactive ketones (excluding diaryl/α,β-unsaturated/α-hetero) is 1. The molecule has 2 aromatic carbocycles. The number of aliphatic hydroxyl groups is 3. The number of aliphatic hydroxyl groups excluding tert-OH is 2. The Hall–Kier alpha value is -1.69. The number of hydrogen-bond acceptors (Lipinski definition) is 7. The van der Waals surface area contributed by atoms with Gasteiger partial charge in [-0.15, -0.1) is 0 Å². The maximum atomic E-state index is 16.9. The van der Waals surface area contributed by atoms with Crippen LogP contribution < -0.4 is 0 Å². The number of phenols is 1. The molecule has 9 heteroatoms. The zero-order chi connectivity index (χ0) is 38.4. The second-order valence-electron chi connectivity index (χ2n) is 17.0. The van der Waals surface area contributed by atoms with Crippen LogP contribution in [0.1, 0.15) is 103 Å². The van der Waals surface area contributed by atoms with Crippen LogP contribution in [0.2, 0.25) is 0 Å². The van der Waals surface area contributed by atoms with Crippen molar-refractivity contribution < 1.29 is 34.4 Å². The number of carbonyl (C=O) groups excluding carboxylic acids is 2. The van der Waals surface area contributed by atoms with Gasteiger partial charge in [0.1, 0.15) is 18.0 Å². The Bertz CT molecular complexity index is 1690. The van der Waals surface area contributed by atoms with Crippen molar-refractivity contribution in [3.63, 3.8) is 0 Å². The van der Waals surface area contributed by atoms with Gasteiger partial charge < -0.3 is 20.4 Å². The van der Waals surface area contributed by atoms with Crippen LogP contribution in [0.25, 0.3) is 0 Å². The molecule has 0 amide bonds. The number of carbonyl (C=O) groups is 2. The number of aromatic hydroxyl groups is 1. The first kappa shape index (κ1) is 44.0.